The van der Waals surface area contributed by atoms with Gasteiger partial charge in [-0.2, -0.15) is 0 Å². The molecule has 1 aliphatic heterocycles. The van der Waals surface area contributed by atoms with Crippen molar-refractivity contribution in [3.05, 3.63) is 58.3 Å². The van der Waals surface area contributed by atoms with Gasteiger partial charge in [0.05, 0.1) is 4.88 Å². The summed E-state index contributed by atoms with van der Waals surface area (Å²) >= 11 is 1.36. The van der Waals surface area contributed by atoms with E-state index in [2.05, 4.69) is 5.32 Å². The Bertz CT molecular complexity index is 857. The van der Waals surface area contributed by atoms with Gasteiger partial charge in [0.15, 0.2) is 0 Å². The minimum atomic E-state index is -0.627. The van der Waals surface area contributed by atoms with Crippen LogP contribution in [-0.2, 0) is 16.0 Å². The van der Waals surface area contributed by atoms with Gasteiger partial charge in [-0.1, -0.05) is 36.4 Å². The van der Waals surface area contributed by atoms with Crippen LogP contribution in [0.15, 0.2) is 47.8 Å². The van der Waals surface area contributed by atoms with E-state index in [4.69, 9.17) is 0 Å². The standard InChI is InChI=1S/C22H25N3O3S/c26-20(19-7-4-14-29-19)23-18(15-16-5-2-1-3-6-16)22(28)25-12-10-24(11-13-25)21(27)17-8-9-17/h1-7,14,17-18H,8-13,15H2,(H,23,26)/t18-/m0/s1. The topological polar surface area (TPSA) is 69.7 Å². The average Bonchev–Trinajstić information content (AvgIpc) is 3.46. The predicted octanol–water partition coefficient (Wildman–Crippen LogP) is 2.17. The quantitative estimate of drug-likeness (QED) is 0.792. The van der Waals surface area contributed by atoms with Crippen molar-refractivity contribution in [1.82, 2.24) is 15.1 Å². The van der Waals surface area contributed by atoms with E-state index in [-0.39, 0.29) is 23.6 Å². The van der Waals surface area contributed by atoms with Crippen LogP contribution in [0.2, 0.25) is 0 Å². The second-order valence-corrected chi connectivity index (χ2v) is 8.57. The Morgan fingerprint density at radius 3 is 2.28 bits per heavy atom. The van der Waals surface area contributed by atoms with Gasteiger partial charge in [0.25, 0.3) is 5.91 Å². The fourth-order valence-electron chi connectivity index (χ4n) is 3.64. The SMILES string of the molecule is O=C(N[C@@H](Cc1ccccc1)C(=O)N1CCN(C(=O)C2CC2)CC1)c1cccs1. The van der Waals surface area contributed by atoms with Crippen LogP contribution in [0.3, 0.4) is 0 Å². The maximum absolute atomic E-state index is 13.2. The normalized spacial score (nSPS) is 17.7. The van der Waals surface area contributed by atoms with Crippen LogP contribution in [0.4, 0.5) is 0 Å². The smallest absolute Gasteiger partial charge is 0.262 e. The van der Waals surface area contributed by atoms with Crippen LogP contribution in [-0.4, -0.2) is 59.7 Å². The number of carbonyl (C=O) groups excluding carboxylic acids is 3. The number of rotatable bonds is 6. The first-order chi connectivity index (χ1) is 14.1. The lowest BCUT2D eigenvalue weighted by atomic mass is 10.0. The van der Waals surface area contributed by atoms with Gasteiger partial charge in [-0.05, 0) is 29.9 Å². The molecule has 1 saturated carbocycles. The highest BCUT2D eigenvalue weighted by Crippen LogP contribution is 2.31. The Morgan fingerprint density at radius 1 is 0.966 bits per heavy atom. The number of hydrogen-bond donors (Lipinski definition) is 1. The molecule has 29 heavy (non-hydrogen) atoms. The lowest BCUT2D eigenvalue weighted by Gasteiger charge is -2.36. The summed E-state index contributed by atoms with van der Waals surface area (Å²) in [6.45, 7) is 2.16. The highest BCUT2D eigenvalue weighted by Gasteiger charge is 2.36. The zero-order valence-electron chi connectivity index (χ0n) is 16.3. The van der Waals surface area contributed by atoms with Crippen molar-refractivity contribution in [2.45, 2.75) is 25.3 Å². The van der Waals surface area contributed by atoms with E-state index in [1.807, 2.05) is 46.7 Å². The van der Waals surface area contributed by atoms with Crippen molar-refractivity contribution < 1.29 is 14.4 Å². The van der Waals surface area contributed by atoms with Gasteiger partial charge < -0.3 is 15.1 Å². The molecule has 4 rings (SSSR count). The first-order valence-electron chi connectivity index (χ1n) is 10.1. The first kappa shape index (κ1) is 19.6. The number of thiophene rings is 1. The molecule has 1 saturated heterocycles. The molecule has 1 aliphatic carbocycles. The molecule has 2 aromatic rings. The summed E-state index contributed by atoms with van der Waals surface area (Å²) in [5.74, 6) is 0.117. The molecule has 1 aromatic carbocycles. The van der Waals surface area contributed by atoms with Crippen LogP contribution >= 0.6 is 11.3 Å². The number of carbonyl (C=O) groups is 3. The van der Waals surface area contributed by atoms with Crippen molar-refractivity contribution in [3.63, 3.8) is 0 Å². The fraction of sp³-hybridized carbons (Fsp3) is 0.409. The summed E-state index contributed by atoms with van der Waals surface area (Å²) in [4.78, 5) is 42.3. The van der Waals surface area contributed by atoms with Crippen LogP contribution in [0, 0.1) is 5.92 Å². The number of benzene rings is 1. The Kier molecular flexibility index (Phi) is 5.94. The molecule has 0 bridgehead atoms. The van der Waals surface area contributed by atoms with Gasteiger partial charge >= 0.3 is 0 Å². The third-order valence-electron chi connectivity index (χ3n) is 5.46. The minimum Gasteiger partial charge on any atom is -0.339 e. The molecule has 1 aromatic heterocycles. The maximum Gasteiger partial charge on any atom is 0.262 e. The summed E-state index contributed by atoms with van der Waals surface area (Å²) in [7, 11) is 0. The van der Waals surface area contributed by atoms with Crippen LogP contribution < -0.4 is 5.32 Å². The Balaban J connectivity index is 1.42. The van der Waals surface area contributed by atoms with E-state index in [9.17, 15) is 14.4 Å². The summed E-state index contributed by atoms with van der Waals surface area (Å²) in [6, 6.07) is 12.7. The molecule has 3 amide bonds. The summed E-state index contributed by atoms with van der Waals surface area (Å²) in [6.07, 6.45) is 2.43. The van der Waals surface area contributed by atoms with Crippen molar-refractivity contribution >= 4 is 29.1 Å². The molecule has 152 valence electrons. The van der Waals surface area contributed by atoms with Crippen LogP contribution in [0.1, 0.15) is 28.1 Å². The average molecular weight is 412 g/mol. The minimum absolute atomic E-state index is 0.0859. The number of piperazine rings is 1. The van der Waals surface area contributed by atoms with E-state index in [1.54, 1.807) is 11.0 Å². The van der Waals surface area contributed by atoms with Crippen LogP contribution in [0.25, 0.3) is 0 Å². The number of hydrogen-bond acceptors (Lipinski definition) is 4. The molecule has 0 unspecified atom stereocenters. The zero-order chi connectivity index (χ0) is 20.2. The van der Waals surface area contributed by atoms with E-state index >= 15 is 0 Å². The first-order valence-corrected chi connectivity index (χ1v) is 11.0. The van der Waals surface area contributed by atoms with Crippen molar-refractivity contribution in [2.24, 2.45) is 5.92 Å². The van der Waals surface area contributed by atoms with E-state index < -0.39 is 6.04 Å². The fourth-order valence-corrected chi connectivity index (χ4v) is 4.27. The molecule has 0 radical (unpaired) electrons. The second-order valence-electron chi connectivity index (χ2n) is 7.62. The van der Waals surface area contributed by atoms with E-state index in [0.29, 0.717) is 37.5 Å². The lowest BCUT2D eigenvalue weighted by molar-refractivity contribution is -0.141. The Morgan fingerprint density at radius 2 is 1.66 bits per heavy atom. The molecule has 0 spiro atoms. The summed E-state index contributed by atoms with van der Waals surface area (Å²) in [5.41, 5.74) is 1.000. The highest BCUT2D eigenvalue weighted by molar-refractivity contribution is 7.12. The molecule has 1 N–H and O–H groups in total. The molecule has 1 atom stereocenters. The zero-order valence-corrected chi connectivity index (χ0v) is 17.1. The monoisotopic (exact) mass is 411 g/mol. The van der Waals surface area contributed by atoms with E-state index in [1.165, 1.54) is 11.3 Å². The molecule has 2 aliphatic rings. The largest absolute Gasteiger partial charge is 0.339 e. The Labute approximate surface area is 174 Å². The number of nitrogens with one attached hydrogen (secondary N) is 1. The number of nitrogens with zero attached hydrogens (tertiary/aromatic N) is 2. The maximum atomic E-state index is 13.2. The van der Waals surface area contributed by atoms with Gasteiger partial charge in [0.1, 0.15) is 6.04 Å². The summed E-state index contributed by atoms with van der Waals surface area (Å²) < 4.78 is 0. The van der Waals surface area contributed by atoms with Crippen molar-refractivity contribution in [3.8, 4) is 0 Å². The van der Waals surface area contributed by atoms with Crippen molar-refractivity contribution in [1.29, 1.82) is 0 Å². The molecular formula is C22H25N3O3S. The van der Waals surface area contributed by atoms with E-state index in [0.717, 1.165) is 18.4 Å². The summed E-state index contributed by atoms with van der Waals surface area (Å²) in [5, 5.41) is 4.77. The predicted molar refractivity (Wildman–Crippen MR) is 112 cm³/mol. The number of amides is 3. The van der Waals surface area contributed by atoms with Gasteiger partial charge in [-0.3, -0.25) is 14.4 Å². The Hall–Kier alpha value is -2.67. The second kappa shape index (κ2) is 8.78. The van der Waals surface area contributed by atoms with Gasteiger partial charge in [-0.25, -0.2) is 0 Å². The van der Waals surface area contributed by atoms with Crippen LogP contribution in [0.5, 0.6) is 0 Å². The third kappa shape index (κ3) is 4.85. The van der Waals surface area contributed by atoms with Gasteiger partial charge in [0, 0.05) is 38.5 Å². The molecule has 2 fully saturated rings. The molecular weight excluding hydrogens is 386 g/mol. The lowest BCUT2D eigenvalue weighted by Crippen LogP contribution is -2.56. The van der Waals surface area contributed by atoms with Gasteiger partial charge in [-0.15, -0.1) is 11.3 Å². The molecule has 2 heterocycles. The van der Waals surface area contributed by atoms with Crippen molar-refractivity contribution in [2.75, 3.05) is 26.2 Å². The molecule has 6 nitrogen and oxygen atoms in total. The third-order valence-corrected chi connectivity index (χ3v) is 6.33. The molecule has 7 heteroatoms. The highest BCUT2D eigenvalue weighted by atomic mass is 32.1. The van der Waals surface area contributed by atoms with Gasteiger partial charge in [0.2, 0.25) is 11.8 Å².